The van der Waals surface area contributed by atoms with Crippen molar-refractivity contribution in [3.05, 3.63) is 45.1 Å². The summed E-state index contributed by atoms with van der Waals surface area (Å²) in [6.07, 6.45) is 0.0476. The molecule has 0 aliphatic heterocycles. The highest BCUT2D eigenvalue weighted by molar-refractivity contribution is 5.76. The van der Waals surface area contributed by atoms with Crippen LogP contribution >= 0.6 is 0 Å². The third kappa shape index (κ3) is 2.99. The van der Waals surface area contributed by atoms with Gasteiger partial charge in [0.25, 0.3) is 5.56 Å². The summed E-state index contributed by atoms with van der Waals surface area (Å²) < 4.78 is 1.21. The van der Waals surface area contributed by atoms with Crippen LogP contribution < -0.4 is 11.2 Å². The van der Waals surface area contributed by atoms with Crippen molar-refractivity contribution in [2.24, 2.45) is 5.41 Å². The van der Waals surface area contributed by atoms with Crippen LogP contribution in [0.2, 0.25) is 0 Å². The number of hydrogen-bond acceptors (Lipinski definition) is 3. The van der Waals surface area contributed by atoms with Gasteiger partial charge in [-0.25, -0.2) is 4.79 Å². The molecular weight excluding hydrogens is 256 g/mol. The molecule has 2 rings (SSSR count). The maximum Gasteiger partial charge on any atom is 0.328 e. The van der Waals surface area contributed by atoms with Gasteiger partial charge in [0.15, 0.2) is 0 Å². The Morgan fingerprint density at radius 3 is 2.60 bits per heavy atom. The summed E-state index contributed by atoms with van der Waals surface area (Å²) in [4.78, 5) is 27.2. The highest BCUT2D eigenvalue weighted by atomic mass is 16.3. The first-order valence-electron chi connectivity index (χ1n) is 6.70. The van der Waals surface area contributed by atoms with E-state index in [-0.39, 0.29) is 17.5 Å². The molecule has 5 heteroatoms. The smallest absolute Gasteiger partial charge is 0.328 e. The second-order valence-electron chi connectivity index (χ2n) is 6.08. The zero-order valence-electron chi connectivity index (χ0n) is 12.0. The summed E-state index contributed by atoms with van der Waals surface area (Å²) in [6, 6.07) is 6.96. The number of aliphatic hydroxyl groups excluding tert-OH is 1. The molecule has 0 spiro atoms. The molecule has 0 aliphatic carbocycles. The fourth-order valence-corrected chi connectivity index (χ4v) is 2.63. The Balaban J connectivity index is 2.50. The van der Waals surface area contributed by atoms with E-state index in [2.05, 4.69) is 4.98 Å². The van der Waals surface area contributed by atoms with Crippen LogP contribution in [-0.4, -0.2) is 20.8 Å². The fraction of sp³-hybridized carbons (Fsp3) is 0.467. The van der Waals surface area contributed by atoms with E-state index < -0.39 is 11.8 Å². The van der Waals surface area contributed by atoms with E-state index >= 15 is 0 Å². The Hall–Kier alpha value is -1.88. The Bertz CT molecular complexity index is 726. The van der Waals surface area contributed by atoms with Gasteiger partial charge in [-0.15, -0.1) is 0 Å². The van der Waals surface area contributed by atoms with Crippen LogP contribution in [0.15, 0.2) is 33.9 Å². The van der Waals surface area contributed by atoms with Crippen molar-refractivity contribution < 1.29 is 5.11 Å². The molecule has 0 saturated carbocycles. The molecule has 5 nitrogen and oxygen atoms in total. The lowest BCUT2D eigenvalue weighted by Gasteiger charge is -2.26. The third-order valence-electron chi connectivity index (χ3n) is 3.32. The summed E-state index contributed by atoms with van der Waals surface area (Å²) in [6.45, 7) is 5.84. The largest absolute Gasteiger partial charge is 0.393 e. The summed E-state index contributed by atoms with van der Waals surface area (Å²) in [7, 11) is 0. The van der Waals surface area contributed by atoms with Crippen LogP contribution in [0.4, 0.5) is 0 Å². The number of rotatable bonds is 4. The molecule has 1 heterocycles. The van der Waals surface area contributed by atoms with E-state index in [1.165, 1.54) is 4.57 Å². The van der Waals surface area contributed by atoms with Gasteiger partial charge in [0, 0.05) is 6.54 Å². The highest BCUT2D eigenvalue weighted by Gasteiger charge is 2.23. The quantitative estimate of drug-likeness (QED) is 0.888. The predicted molar refractivity (Wildman–Crippen MR) is 78.9 cm³/mol. The van der Waals surface area contributed by atoms with Gasteiger partial charge in [-0.2, -0.15) is 0 Å². The average Bonchev–Trinajstić information content (AvgIpc) is 2.33. The number of fused-ring (bicyclic) bond motifs is 1. The standard InChI is InChI=1S/C15H20N2O3/c1-10(18)8-15(2,3)9-17-13(19)11-6-4-5-7-12(11)16-14(17)20/h4-7,10,18H,8-9H2,1-3H3,(H,16,20). The average molecular weight is 276 g/mol. The number of aromatic amines is 1. The second kappa shape index (κ2) is 5.25. The molecule has 108 valence electrons. The zero-order chi connectivity index (χ0) is 14.9. The van der Waals surface area contributed by atoms with Crippen molar-refractivity contribution >= 4 is 10.9 Å². The molecule has 0 saturated heterocycles. The van der Waals surface area contributed by atoms with Gasteiger partial charge in [-0.05, 0) is 30.9 Å². The van der Waals surface area contributed by atoms with Crippen LogP contribution in [0.5, 0.6) is 0 Å². The van der Waals surface area contributed by atoms with Crippen LogP contribution in [0, 0.1) is 5.41 Å². The van der Waals surface area contributed by atoms with E-state index in [1.54, 1.807) is 31.2 Å². The number of aliphatic hydroxyl groups is 1. The van der Waals surface area contributed by atoms with Crippen molar-refractivity contribution in [3.63, 3.8) is 0 Å². The molecule has 0 bridgehead atoms. The molecule has 0 amide bonds. The molecule has 2 aromatic rings. The van der Waals surface area contributed by atoms with E-state index in [9.17, 15) is 14.7 Å². The summed E-state index contributed by atoms with van der Waals surface area (Å²) in [5, 5.41) is 10.0. The molecular formula is C15H20N2O3. The van der Waals surface area contributed by atoms with Gasteiger partial charge in [0.2, 0.25) is 0 Å². The topological polar surface area (TPSA) is 75.1 Å². The summed E-state index contributed by atoms with van der Waals surface area (Å²) in [5.74, 6) is 0. The number of nitrogens with zero attached hydrogens (tertiary/aromatic N) is 1. The lowest BCUT2D eigenvalue weighted by molar-refractivity contribution is 0.118. The maximum absolute atomic E-state index is 12.4. The van der Waals surface area contributed by atoms with Crippen LogP contribution in [0.1, 0.15) is 27.2 Å². The van der Waals surface area contributed by atoms with Crippen molar-refractivity contribution in [2.75, 3.05) is 0 Å². The van der Waals surface area contributed by atoms with Gasteiger partial charge in [0.05, 0.1) is 17.0 Å². The van der Waals surface area contributed by atoms with Crippen molar-refractivity contribution in [1.29, 1.82) is 0 Å². The van der Waals surface area contributed by atoms with Gasteiger partial charge < -0.3 is 10.1 Å². The van der Waals surface area contributed by atoms with Crippen LogP contribution in [0.25, 0.3) is 10.9 Å². The Morgan fingerprint density at radius 2 is 1.95 bits per heavy atom. The number of para-hydroxylation sites is 1. The first-order chi connectivity index (χ1) is 9.30. The SMILES string of the molecule is CC(O)CC(C)(C)Cn1c(=O)[nH]c2ccccc2c1=O. The second-order valence-corrected chi connectivity index (χ2v) is 6.08. The monoisotopic (exact) mass is 276 g/mol. The Morgan fingerprint density at radius 1 is 1.30 bits per heavy atom. The molecule has 0 radical (unpaired) electrons. The predicted octanol–water partition coefficient (Wildman–Crippen LogP) is 1.49. The zero-order valence-corrected chi connectivity index (χ0v) is 12.0. The third-order valence-corrected chi connectivity index (χ3v) is 3.32. The van der Waals surface area contributed by atoms with Gasteiger partial charge in [0.1, 0.15) is 0 Å². The molecule has 2 N–H and O–H groups in total. The fourth-order valence-electron chi connectivity index (χ4n) is 2.63. The van der Waals surface area contributed by atoms with Crippen LogP contribution in [0.3, 0.4) is 0 Å². The lowest BCUT2D eigenvalue weighted by atomic mass is 9.87. The van der Waals surface area contributed by atoms with Gasteiger partial charge >= 0.3 is 5.69 Å². The number of benzene rings is 1. The molecule has 0 fully saturated rings. The summed E-state index contributed by atoms with van der Waals surface area (Å²) in [5.41, 5.74) is -0.490. The Kier molecular flexibility index (Phi) is 3.81. The van der Waals surface area contributed by atoms with E-state index in [1.807, 2.05) is 13.8 Å². The molecule has 20 heavy (non-hydrogen) atoms. The number of hydrogen-bond donors (Lipinski definition) is 2. The minimum absolute atomic E-state index is 0.275. The molecule has 1 atom stereocenters. The first kappa shape index (κ1) is 14.5. The first-order valence-corrected chi connectivity index (χ1v) is 6.70. The maximum atomic E-state index is 12.4. The molecule has 0 aliphatic rings. The molecule has 1 aromatic heterocycles. The summed E-state index contributed by atoms with van der Waals surface area (Å²) >= 11 is 0. The molecule has 1 aromatic carbocycles. The van der Waals surface area contributed by atoms with Crippen molar-refractivity contribution in [3.8, 4) is 0 Å². The van der Waals surface area contributed by atoms with Crippen molar-refractivity contribution in [1.82, 2.24) is 9.55 Å². The van der Waals surface area contributed by atoms with Gasteiger partial charge in [-0.1, -0.05) is 26.0 Å². The highest BCUT2D eigenvalue weighted by Crippen LogP contribution is 2.23. The number of H-pyrrole nitrogens is 1. The number of nitrogens with one attached hydrogen (secondary N) is 1. The lowest BCUT2D eigenvalue weighted by Crippen LogP contribution is -2.40. The van der Waals surface area contributed by atoms with E-state index in [4.69, 9.17) is 0 Å². The minimum Gasteiger partial charge on any atom is -0.393 e. The minimum atomic E-state index is -0.472. The van der Waals surface area contributed by atoms with Gasteiger partial charge in [-0.3, -0.25) is 9.36 Å². The van der Waals surface area contributed by atoms with Crippen molar-refractivity contribution in [2.45, 2.75) is 39.8 Å². The molecule has 1 unspecified atom stereocenters. The Labute approximate surface area is 116 Å². The normalized spacial score (nSPS) is 13.6. The number of aromatic nitrogens is 2. The van der Waals surface area contributed by atoms with E-state index in [0.717, 1.165) is 0 Å². The van der Waals surface area contributed by atoms with E-state index in [0.29, 0.717) is 17.3 Å². The van der Waals surface area contributed by atoms with Crippen LogP contribution in [-0.2, 0) is 6.54 Å².